The fourth-order valence-corrected chi connectivity index (χ4v) is 2.79. The number of fused-ring (bicyclic) bond motifs is 1. The second-order valence-corrected chi connectivity index (χ2v) is 5.14. The molecule has 0 aliphatic rings. The fraction of sp³-hybridized carbons (Fsp3) is 0.154. The van der Waals surface area contributed by atoms with Crippen molar-refractivity contribution in [3.63, 3.8) is 0 Å². The molecule has 3 rings (SSSR count). The van der Waals surface area contributed by atoms with Gasteiger partial charge in [0.15, 0.2) is 10.8 Å². The van der Waals surface area contributed by atoms with E-state index in [2.05, 4.69) is 10.2 Å². The highest BCUT2D eigenvalue weighted by atomic mass is 32.2. The smallest absolute Gasteiger partial charge is 0.371 e. The number of aromatic carboxylic acids is 1. The fourth-order valence-electron chi connectivity index (χ4n) is 1.83. The molecule has 0 atom stereocenters. The highest BCUT2D eigenvalue weighted by Crippen LogP contribution is 2.25. The highest BCUT2D eigenvalue weighted by Gasteiger charge is 2.14. The highest BCUT2D eigenvalue weighted by molar-refractivity contribution is 7.98. The molecule has 0 aromatic carbocycles. The van der Waals surface area contributed by atoms with Crippen LogP contribution in [0.1, 0.15) is 21.9 Å². The van der Waals surface area contributed by atoms with Crippen molar-refractivity contribution in [3.05, 3.63) is 47.5 Å². The molecule has 0 saturated carbocycles. The Labute approximate surface area is 118 Å². The van der Waals surface area contributed by atoms with Gasteiger partial charge >= 0.3 is 5.97 Å². The number of hydrogen-bond donors (Lipinski definition) is 1. The van der Waals surface area contributed by atoms with Crippen molar-refractivity contribution in [1.82, 2.24) is 14.6 Å². The predicted molar refractivity (Wildman–Crippen MR) is 73.0 cm³/mol. The minimum absolute atomic E-state index is 0.0378. The zero-order valence-corrected chi connectivity index (χ0v) is 11.4. The van der Waals surface area contributed by atoms with E-state index < -0.39 is 5.97 Å². The van der Waals surface area contributed by atoms with E-state index in [0.717, 1.165) is 16.4 Å². The maximum atomic E-state index is 10.8. The Morgan fingerprint density at radius 3 is 3.05 bits per heavy atom. The lowest BCUT2D eigenvalue weighted by atomic mass is 10.3. The number of pyridine rings is 1. The molecule has 20 heavy (non-hydrogen) atoms. The number of carboxylic acid groups (broad SMARTS) is 1. The third kappa shape index (κ3) is 2.27. The molecular formula is C13H11N3O3S. The van der Waals surface area contributed by atoms with Crippen LogP contribution in [0, 0.1) is 6.92 Å². The van der Waals surface area contributed by atoms with E-state index in [0.29, 0.717) is 11.5 Å². The zero-order valence-electron chi connectivity index (χ0n) is 10.6. The SMILES string of the molecule is Cc1oc(C(=O)O)cc1CSc1nnc2ccccn12. The number of aromatic nitrogens is 3. The van der Waals surface area contributed by atoms with Crippen molar-refractivity contribution in [2.75, 3.05) is 0 Å². The molecule has 1 N–H and O–H groups in total. The van der Waals surface area contributed by atoms with Crippen LogP contribution in [0.15, 0.2) is 40.0 Å². The number of thioether (sulfide) groups is 1. The van der Waals surface area contributed by atoms with E-state index in [-0.39, 0.29) is 5.76 Å². The average molecular weight is 289 g/mol. The minimum atomic E-state index is -1.06. The monoisotopic (exact) mass is 289 g/mol. The molecule has 0 fully saturated rings. The first-order valence-electron chi connectivity index (χ1n) is 5.90. The first-order chi connectivity index (χ1) is 9.65. The van der Waals surface area contributed by atoms with Crippen molar-refractivity contribution < 1.29 is 14.3 Å². The molecule has 7 heteroatoms. The molecular weight excluding hydrogens is 278 g/mol. The summed E-state index contributed by atoms with van der Waals surface area (Å²) in [4.78, 5) is 10.8. The minimum Gasteiger partial charge on any atom is -0.475 e. The van der Waals surface area contributed by atoms with Crippen molar-refractivity contribution >= 4 is 23.4 Å². The van der Waals surface area contributed by atoms with E-state index in [9.17, 15) is 4.79 Å². The van der Waals surface area contributed by atoms with Crippen LogP contribution in [0.4, 0.5) is 0 Å². The summed E-state index contributed by atoms with van der Waals surface area (Å²) in [7, 11) is 0. The van der Waals surface area contributed by atoms with Gasteiger partial charge in [0, 0.05) is 17.5 Å². The Hall–Kier alpha value is -2.28. The van der Waals surface area contributed by atoms with Crippen molar-refractivity contribution in [2.24, 2.45) is 0 Å². The molecule has 0 amide bonds. The van der Waals surface area contributed by atoms with Gasteiger partial charge in [0.2, 0.25) is 5.76 Å². The maximum Gasteiger partial charge on any atom is 0.371 e. The van der Waals surface area contributed by atoms with Gasteiger partial charge in [-0.25, -0.2) is 4.79 Å². The molecule has 6 nitrogen and oxygen atoms in total. The van der Waals surface area contributed by atoms with Crippen LogP contribution in [0.2, 0.25) is 0 Å². The molecule has 3 aromatic heterocycles. The molecule has 0 aliphatic heterocycles. The van der Waals surface area contributed by atoms with Crippen LogP contribution in [0.3, 0.4) is 0 Å². The van der Waals surface area contributed by atoms with Gasteiger partial charge in [-0.1, -0.05) is 17.8 Å². The molecule has 0 spiro atoms. The first kappa shape index (κ1) is 12.7. The van der Waals surface area contributed by atoms with Crippen LogP contribution in [0.5, 0.6) is 0 Å². The van der Waals surface area contributed by atoms with Gasteiger partial charge in [-0.3, -0.25) is 4.40 Å². The van der Waals surface area contributed by atoms with Gasteiger partial charge in [0.25, 0.3) is 0 Å². The van der Waals surface area contributed by atoms with E-state index in [1.165, 1.54) is 11.8 Å². The second-order valence-electron chi connectivity index (χ2n) is 4.20. The largest absolute Gasteiger partial charge is 0.475 e. The summed E-state index contributed by atoms with van der Waals surface area (Å²) in [6.45, 7) is 1.75. The van der Waals surface area contributed by atoms with Gasteiger partial charge in [-0.05, 0) is 25.1 Å². The van der Waals surface area contributed by atoms with Gasteiger partial charge in [-0.2, -0.15) is 0 Å². The number of aryl methyl sites for hydroxylation is 1. The Morgan fingerprint density at radius 2 is 2.30 bits per heavy atom. The van der Waals surface area contributed by atoms with Crippen molar-refractivity contribution in [3.8, 4) is 0 Å². The number of hydrogen-bond acceptors (Lipinski definition) is 5. The normalized spacial score (nSPS) is 11.1. The Kier molecular flexibility index (Phi) is 3.19. The van der Waals surface area contributed by atoms with E-state index >= 15 is 0 Å². The van der Waals surface area contributed by atoms with Gasteiger partial charge in [0.1, 0.15) is 5.76 Å². The summed E-state index contributed by atoms with van der Waals surface area (Å²) in [6.07, 6.45) is 1.89. The van der Waals surface area contributed by atoms with Crippen molar-refractivity contribution in [2.45, 2.75) is 17.8 Å². The summed E-state index contributed by atoms with van der Waals surface area (Å²) in [5, 5.41) is 17.8. The summed E-state index contributed by atoms with van der Waals surface area (Å²) < 4.78 is 7.06. The molecule has 0 bridgehead atoms. The molecule has 102 valence electrons. The van der Waals surface area contributed by atoms with Crippen LogP contribution < -0.4 is 0 Å². The summed E-state index contributed by atoms with van der Waals surface area (Å²) in [5.41, 5.74) is 1.63. The van der Waals surface area contributed by atoms with Crippen LogP contribution in [-0.4, -0.2) is 25.7 Å². The number of furan rings is 1. The first-order valence-corrected chi connectivity index (χ1v) is 6.89. The Balaban J connectivity index is 1.81. The second kappa shape index (κ2) is 5.01. The molecule has 0 saturated heterocycles. The number of carbonyl (C=O) groups is 1. The average Bonchev–Trinajstić information content (AvgIpc) is 3.00. The van der Waals surface area contributed by atoms with E-state index in [1.54, 1.807) is 13.0 Å². The van der Waals surface area contributed by atoms with Crippen LogP contribution >= 0.6 is 11.8 Å². The van der Waals surface area contributed by atoms with Crippen LogP contribution in [0.25, 0.3) is 5.65 Å². The summed E-state index contributed by atoms with van der Waals surface area (Å²) in [5.74, 6) is 0.100. The van der Waals surface area contributed by atoms with Gasteiger partial charge < -0.3 is 9.52 Å². The molecule has 0 aliphatic carbocycles. The van der Waals surface area contributed by atoms with Crippen LogP contribution in [-0.2, 0) is 5.75 Å². The Morgan fingerprint density at radius 1 is 1.45 bits per heavy atom. The third-order valence-electron chi connectivity index (χ3n) is 2.87. The lowest BCUT2D eigenvalue weighted by Crippen LogP contribution is -1.92. The lowest BCUT2D eigenvalue weighted by Gasteiger charge is -1.98. The Bertz CT molecular complexity index is 778. The molecule has 0 unspecified atom stereocenters. The number of nitrogens with zero attached hydrogens (tertiary/aromatic N) is 3. The summed E-state index contributed by atoms with van der Waals surface area (Å²) in [6, 6.07) is 7.24. The standard InChI is InChI=1S/C13H11N3O3S/c1-8-9(6-10(19-8)12(17)18)7-20-13-15-14-11-4-2-3-5-16(11)13/h2-6H,7H2,1H3,(H,17,18). The zero-order chi connectivity index (χ0) is 14.1. The number of rotatable bonds is 4. The van der Waals surface area contributed by atoms with Gasteiger partial charge in [-0.15, -0.1) is 10.2 Å². The molecule has 3 heterocycles. The number of carboxylic acids is 1. The molecule has 0 radical (unpaired) electrons. The topological polar surface area (TPSA) is 80.6 Å². The van der Waals surface area contributed by atoms with Crippen molar-refractivity contribution in [1.29, 1.82) is 0 Å². The maximum absolute atomic E-state index is 10.8. The van der Waals surface area contributed by atoms with E-state index in [1.807, 2.05) is 28.8 Å². The van der Waals surface area contributed by atoms with Gasteiger partial charge in [0.05, 0.1) is 0 Å². The van der Waals surface area contributed by atoms with E-state index in [4.69, 9.17) is 9.52 Å². The lowest BCUT2D eigenvalue weighted by molar-refractivity contribution is 0.0661. The predicted octanol–water partition coefficient (Wildman–Crippen LogP) is 2.62. The molecule has 3 aromatic rings. The third-order valence-corrected chi connectivity index (χ3v) is 3.86. The quantitative estimate of drug-likeness (QED) is 0.744. The summed E-state index contributed by atoms with van der Waals surface area (Å²) >= 11 is 1.49.